The van der Waals surface area contributed by atoms with Gasteiger partial charge in [-0.2, -0.15) is 5.26 Å². The molecule has 0 spiro atoms. The van der Waals surface area contributed by atoms with Crippen LogP contribution in [0.2, 0.25) is 0 Å². The van der Waals surface area contributed by atoms with Gasteiger partial charge in [-0.15, -0.1) is 0 Å². The molecule has 2 rings (SSSR count). The first-order valence-electron chi connectivity index (χ1n) is 5.56. The van der Waals surface area contributed by atoms with E-state index in [9.17, 15) is 9.18 Å². The molecule has 0 aliphatic carbocycles. The summed E-state index contributed by atoms with van der Waals surface area (Å²) in [5, 5.41) is 11.3. The van der Waals surface area contributed by atoms with Crippen LogP contribution in [-0.4, -0.2) is 5.91 Å². The van der Waals surface area contributed by atoms with Crippen molar-refractivity contribution in [1.29, 1.82) is 5.26 Å². The number of anilines is 2. The lowest BCUT2D eigenvalue weighted by atomic mass is 10.1. The molecule has 6 heteroatoms. The van der Waals surface area contributed by atoms with E-state index in [4.69, 9.17) is 11.0 Å². The molecule has 100 valence electrons. The number of hydrogen-bond donors (Lipinski definition) is 2. The molecule has 0 atom stereocenters. The lowest BCUT2D eigenvalue weighted by Crippen LogP contribution is -2.12. The number of benzene rings is 2. The molecule has 0 bridgehead atoms. The maximum absolute atomic E-state index is 13.2. The fraction of sp³-hybridized carbons (Fsp3) is 0. The van der Waals surface area contributed by atoms with E-state index < -0.39 is 11.7 Å². The molecule has 0 saturated carbocycles. The Bertz CT molecular complexity index is 705. The largest absolute Gasteiger partial charge is 0.399 e. The molecule has 0 aliphatic heterocycles. The summed E-state index contributed by atoms with van der Waals surface area (Å²) in [7, 11) is 0. The summed E-state index contributed by atoms with van der Waals surface area (Å²) < 4.78 is 13.9. The normalized spacial score (nSPS) is 9.85. The monoisotopic (exact) mass is 333 g/mol. The van der Waals surface area contributed by atoms with Crippen molar-refractivity contribution in [2.24, 2.45) is 0 Å². The minimum atomic E-state index is -0.628. The summed E-state index contributed by atoms with van der Waals surface area (Å²) >= 11 is 3.25. The van der Waals surface area contributed by atoms with E-state index >= 15 is 0 Å². The molecule has 0 aromatic heterocycles. The van der Waals surface area contributed by atoms with Crippen LogP contribution >= 0.6 is 15.9 Å². The van der Waals surface area contributed by atoms with Crippen molar-refractivity contribution in [3.63, 3.8) is 0 Å². The Morgan fingerprint density at radius 2 is 2.05 bits per heavy atom. The van der Waals surface area contributed by atoms with Crippen molar-refractivity contribution in [3.05, 3.63) is 57.8 Å². The highest BCUT2D eigenvalue weighted by molar-refractivity contribution is 9.10. The molecule has 4 nitrogen and oxygen atoms in total. The number of carbonyl (C=O) groups is 1. The van der Waals surface area contributed by atoms with Gasteiger partial charge in [-0.05, 0) is 36.4 Å². The van der Waals surface area contributed by atoms with Gasteiger partial charge >= 0.3 is 0 Å². The van der Waals surface area contributed by atoms with Crippen LogP contribution in [0.15, 0.2) is 40.9 Å². The number of carbonyl (C=O) groups excluding carboxylic acids is 1. The number of hydrogen-bond acceptors (Lipinski definition) is 3. The molecule has 3 N–H and O–H groups in total. The van der Waals surface area contributed by atoms with Crippen LogP contribution in [0.4, 0.5) is 15.8 Å². The van der Waals surface area contributed by atoms with E-state index in [2.05, 4.69) is 21.2 Å². The van der Waals surface area contributed by atoms with Gasteiger partial charge in [-0.3, -0.25) is 4.79 Å². The highest BCUT2D eigenvalue weighted by Crippen LogP contribution is 2.19. The number of nitriles is 1. The number of nitrogens with zero attached hydrogens (tertiary/aromatic N) is 1. The van der Waals surface area contributed by atoms with E-state index in [1.807, 2.05) is 0 Å². The predicted molar refractivity (Wildman–Crippen MR) is 77.6 cm³/mol. The van der Waals surface area contributed by atoms with Crippen LogP contribution in [0, 0.1) is 17.1 Å². The molecule has 0 heterocycles. The minimum absolute atomic E-state index is 0.128. The first-order valence-corrected chi connectivity index (χ1v) is 6.36. The summed E-state index contributed by atoms with van der Waals surface area (Å²) in [5.41, 5.74) is 6.67. The lowest BCUT2D eigenvalue weighted by Gasteiger charge is -2.07. The second kappa shape index (κ2) is 5.72. The highest BCUT2D eigenvalue weighted by atomic mass is 79.9. The highest BCUT2D eigenvalue weighted by Gasteiger charge is 2.09. The Morgan fingerprint density at radius 1 is 1.30 bits per heavy atom. The number of rotatable bonds is 2. The number of halogens is 2. The maximum Gasteiger partial charge on any atom is 0.255 e. The second-order valence-corrected chi connectivity index (χ2v) is 4.95. The second-order valence-electron chi connectivity index (χ2n) is 4.03. The van der Waals surface area contributed by atoms with Crippen molar-refractivity contribution in [2.45, 2.75) is 0 Å². The Kier molecular flexibility index (Phi) is 4.01. The average molecular weight is 334 g/mol. The molecule has 0 radical (unpaired) electrons. The van der Waals surface area contributed by atoms with Gasteiger partial charge in [0, 0.05) is 21.4 Å². The Balaban J connectivity index is 2.26. The summed E-state index contributed by atoms with van der Waals surface area (Å²) in [6.45, 7) is 0. The van der Waals surface area contributed by atoms with Gasteiger partial charge in [0.2, 0.25) is 0 Å². The quantitative estimate of drug-likeness (QED) is 0.827. The van der Waals surface area contributed by atoms with Crippen molar-refractivity contribution in [1.82, 2.24) is 0 Å². The van der Waals surface area contributed by atoms with E-state index in [0.29, 0.717) is 21.4 Å². The van der Waals surface area contributed by atoms with Crippen molar-refractivity contribution < 1.29 is 9.18 Å². The van der Waals surface area contributed by atoms with E-state index in [-0.39, 0.29) is 5.56 Å². The lowest BCUT2D eigenvalue weighted by molar-refractivity contribution is 0.102. The third-order valence-electron chi connectivity index (χ3n) is 2.53. The van der Waals surface area contributed by atoms with Crippen molar-refractivity contribution in [3.8, 4) is 6.07 Å². The summed E-state index contributed by atoms with van der Waals surface area (Å²) in [5.74, 6) is -1.02. The van der Waals surface area contributed by atoms with Gasteiger partial charge in [0.05, 0.1) is 5.56 Å². The maximum atomic E-state index is 13.2. The Hall–Kier alpha value is -2.39. The smallest absolute Gasteiger partial charge is 0.255 e. The molecule has 20 heavy (non-hydrogen) atoms. The van der Waals surface area contributed by atoms with Crippen LogP contribution in [0.1, 0.15) is 15.9 Å². The molecule has 0 unspecified atom stereocenters. The third kappa shape index (κ3) is 3.13. The standard InChI is InChI=1S/C14H9BrFN3O/c15-10-3-8(4-11(18)6-10)14(20)19-12-1-2-13(16)9(5-12)7-17/h1-6H,18H2,(H,19,20). The topological polar surface area (TPSA) is 78.9 Å². The Labute approximate surface area is 123 Å². The zero-order valence-corrected chi connectivity index (χ0v) is 11.7. The predicted octanol–water partition coefficient (Wildman–Crippen LogP) is 3.29. The SMILES string of the molecule is N#Cc1cc(NC(=O)c2cc(N)cc(Br)c2)ccc1F. The van der Waals surface area contributed by atoms with Crippen molar-refractivity contribution in [2.75, 3.05) is 11.1 Å². The first kappa shape index (κ1) is 14.0. The minimum Gasteiger partial charge on any atom is -0.399 e. The molecule has 0 aliphatic rings. The van der Waals surface area contributed by atoms with Gasteiger partial charge in [-0.1, -0.05) is 15.9 Å². The first-order chi connectivity index (χ1) is 9.49. The summed E-state index contributed by atoms with van der Waals surface area (Å²) in [6.07, 6.45) is 0. The number of nitrogens with two attached hydrogens (primary N) is 1. The molecule has 0 saturated heterocycles. The van der Waals surface area contributed by atoms with Crippen molar-refractivity contribution >= 4 is 33.2 Å². The fourth-order valence-corrected chi connectivity index (χ4v) is 2.15. The molecule has 0 fully saturated rings. The molecular weight excluding hydrogens is 325 g/mol. The number of amides is 1. The van der Waals surface area contributed by atoms with Gasteiger partial charge in [0.15, 0.2) is 0 Å². The van der Waals surface area contributed by atoms with Gasteiger partial charge in [-0.25, -0.2) is 4.39 Å². The van der Waals surface area contributed by atoms with E-state index in [1.54, 1.807) is 18.2 Å². The zero-order chi connectivity index (χ0) is 14.7. The van der Waals surface area contributed by atoms with Crippen LogP contribution in [0.5, 0.6) is 0 Å². The molecule has 2 aromatic carbocycles. The van der Waals surface area contributed by atoms with Crippen LogP contribution in [-0.2, 0) is 0 Å². The number of nitrogens with one attached hydrogen (secondary N) is 1. The fourth-order valence-electron chi connectivity index (χ4n) is 1.64. The third-order valence-corrected chi connectivity index (χ3v) is 2.98. The zero-order valence-electron chi connectivity index (χ0n) is 10.2. The van der Waals surface area contributed by atoms with Crippen LogP contribution < -0.4 is 11.1 Å². The molecular formula is C14H9BrFN3O. The summed E-state index contributed by atoms with van der Waals surface area (Å²) in [4.78, 5) is 12.0. The van der Waals surface area contributed by atoms with E-state index in [1.165, 1.54) is 18.2 Å². The van der Waals surface area contributed by atoms with Gasteiger partial charge in [0.1, 0.15) is 11.9 Å². The van der Waals surface area contributed by atoms with Crippen LogP contribution in [0.3, 0.4) is 0 Å². The van der Waals surface area contributed by atoms with Gasteiger partial charge < -0.3 is 11.1 Å². The Morgan fingerprint density at radius 3 is 2.70 bits per heavy atom. The van der Waals surface area contributed by atoms with E-state index in [0.717, 1.165) is 6.07 Å². The van der Waals surface area contributed by atoms with Crippen LogP contribution in [0.25, 0.3) is 0 Å². The molecule has 1 amide bonds. The average Bonchev–Trinajstić information content (AvgIpc) is 2.39. The van der Waals surface area contributed by atoms with Gasteiger partial charge in [0.25, 0.3) is 5.91 Å². The summed E-state index contributed by atoms with van der Waals surface area (Å²) in [6, 6.07) is 10.3. The number of nitrogen functional groups attached to an aromatic ring is 1. The molecule has 2 aromatic rings.